The van der Waals surface area contributed by atoms with Gasteiger partial charge in [-0.15, -0.1) is 0 Å². The van der Waals surface area contributed by atoms with Crippen molar-refractivity contribution in [3.63, 3.8) is 0 Å². The van der Waals surface area contributed by atoms with Crippen LogP contribution in [0.25, 0.3) is 6.08 Å². The van der Waals surface area contributed by atoms with E-state index in [1.54, 1.807) is 30.1 Å². The van der Waals surface area contributed by atoms with Crippen LogP contribution in [-0.2, 0) is 16.1 Å². The van der Waals surface area contributed by atoms with Crippen molar-refractivity contribution in [1.82, 2.24) is 9.55 Å². The summed E-state index contributed by atoms with van der Waals surface area (Å²) in [5.41, 5.74) is 0.672. The smallest absolute Gasteiger partial charge is 0.330 e. The molecular formula is C11H13N3O2. The number of nitrogens with zero attached hydrogens (tertiary/aromatic N) is 3. The summed E-state index contributed by atoms with van der Waals surface area (Å²) in [5.74, 6) is -0.380. The van der Waals surface area contributed by atoms with E-state index in [9.17, 15) is 4.79 Å². The Kier molecular flexibility index (Phi) is 4.80. The van der Waals surface area contributed by atoms with Crippen molar-refractivity contribution in [2.24, 2.45) is 0 Å². The van der Waals surface area contributed by atoms with Crippen LogP contribution in [-0.4, -0.2) is 22.1 Å². The van der Waals surface area contributed by atoms with Crippen LogP contribution in [0.4, 0.5) is 0 Å². The Labute approximate surface area is 94.0 Å². The van der Waals surface area contributed by atoms with Crippen LogP contribution in [0, 0.1) is 11.3 Å². The van der Waals surface area contributed by atoms with E-state index in [0.29, 0.717) is 25.3 Å². The molecule has 0 saturated heterocycles. The van der Waals surface area contributed by atoms with E-state index in [2.05, 4.69) is 11.1 Å². The highest BCUT2D eigenvalue weighted by atomic mass is 16.5. The van der Waals surface area contributed by atoms with Crippen LogP contribution in [0.5, 0.6) is 0 Å². The van der Waals surface area contributed by atoms with Gasteiger partial charge in [-0.25, -0.2) is 9.78 Å². The molecule has 0 N–H and O–H groups in total. The van der Waals surface area contributed by atoms with Gasteiger partial charge in [0, 0.05) is 18.8 Å². The first kappa shape index (κ1) is 12.0. The summed E-state index contributed by atoms with van der Waals surface area (Å²) in [6, 6.07) is 2.05. The molecule has 1 heterocycles. The topological polar surface area (TPSA) is 67.9 Å². The summed E-state index contributed by atoms with van der Waals surface area (Å²) in [7, 11) is 0. The minimum atomic E-state index is -0.380. The first-order chi connectivity index (χ1) is 7.76. The Hall–Kier alpha value is -2.09. The Morgan fingerprint density at radius 2 is 2.56 bits per heavy atom. The molecule has 0 saturated carbocycles. The van der Waals surface area contributed by atoms with Gasteiger partial charge in [-0.05, 0) is 13.0 Å². The maximum absolute atomic E-state index is 11.0. The Morgan fingerprint density at radius 3 is 3.25 bits per heavy atom. The van der Waals surface area contributed by atoms with Crippen molar-refractivity contribution >= 4 is 12.0 Å². The maximum Gasteiger partial charge on any atom is 0.330 e. The van der Waals surface area contributed by atoms with Crippen LogP contribution in [0.2, 0.25) is 0 Å². The molecule has 16 heavy (non-hydrogen) atoms. The first-order valence-corrected chi connectivity index (χ1v) is 4.99. The number of hydrogen-bond donors (Lipinski definition) is 0. The van der Waals surface area contributed by atoms with Crippen molar-refractivity contribution in [2.75, 3.05) is 6.61 Å². The maximum atomic E-state index is 11.0. The molecule has 5 heteroatoms. The molecular weight excluding hydrogens is 206 g/mol. The van der Waals surface area contributed by atoms with Crippen molar-refractivity contribution in [2.45, 2.75) is 19.9 Å². The highest BCUT2D eigenvalue weighted by molar-refractivity contribution is 5.86. The van der Waals surface area contributed by atoms with Gasteiger partial charge in [0.2, 0.25) is 0 Å². The van der Waals surface area contributed by atoms with E-state index < -0.39 is 0 Å². The lowest BCUT2D eigenvalue weighted by Crippen LogP contribution is -1.98. The van der Waals surface area contributed by atoms with Crippen LogP contribution in [0.15, 0.2) is 18.6 Å². The van der Waals surface area contributed by atoms with Crippen LogP contribution in [0.1, 0.15) is 19.0 Å². The lowest BCUT2D eigenvalue weighted by molar-refractivity contribution is -0.137. The van der Waals surface area contributed by atoms with E-state index in [-0.39, 0.29) is 5.97 Å². The van der Waals surface area contributed by atoms with E-state index in [4.69, 9.17) is 10.00 Å². The normalized spacial score (nSPS) is 10.2. The van der Waals surface area contributed by atoms with Crippen LogP contribution >= 0.6 is 0 Å². The molecule has 0 aromatic carbocycles. The second kappa shape index (κ2) is 6.40. The number of nitriles is 1. The fourth-order valence-corrected chi connectivity index (χ4v) is 1.11. The van der Waals surface area contributed by atoms with Gasteiger partial charge in [-0.1, -0.05) is 0 Å². The predicted molar refractivity (Wildman–Crippen MR) is 58.1 cm³/mol. The Morgan fingerprint density at radius 1 is 1.75 bits per heavy atom. The molecule has 0 atom stereocenters. The highest BCUT2D eigenvalue weighted by Crippen LogP contribution is 2.00. The Bertz CT molecular complexity index is 415. The van der Waals surface area contributed by atoms with Gasteiger partial charge in [-0.2, -0.15) is 5.26 Å². The van der Waals surface area contributed by atoms with E-state index in [1.807, 2.05) is 0 Å². The van der Waals surface area contributed by atoms with Crippen LogP contribution in [0.3, 0.4) is 0 Å². The molecule has 0 aliphatic rings. The molecule has 1 aromatic rings. The van der Waals surface area contributed by atoms with Crippen molar-refractivity contribution in [3.05, 3.63) is 24.3 Å². The predicted octanol–water partition coefficient (Wildman–Crippen LogP) is 1.37. The second-order valence-corrected chi connectivity index (χ2v) is 3.03. The van der Waals surface area contributed by atoms with Gasteiger partial charge >= 0.3 is 5.97 Å². The second-order valence-electron chi connectivity index (χ2n) is 3.03. The number of ether oxygens (including phenoxy) is 1. The number of carbonyl (C=O) groups excluding carboxylic acids is 1. The molecule has 0 bridgehead atoms. The van der Waals surface area contributed by atoms with Gasteiger partial charge in [0.25, 0.3) is 0 Å². The third kappa shape index (κ3) is 3.96. The molecule has 0 spiro atoms. The highest BCUT2D eigenvalue weighted by Gasteiger charge is 1.97. The molecule has 0 aliphatic heterocycles. The molecule has 0 aliphatic carbocycles. The third-order valence-corrected chi connectivity index (χ3v) is 1.81. The molecule has 84 valence electrons. The number of esters is 1. The average molecular weight is 219 g/mol. The van der Waals surface area contributed by atoms with Gasteiger partial charge in [-0.3, -0.25) is 0 Å². The number of rotatable bonds is 5. The summed E-state index contributed by atoms with van der Waals surface area (Å²) < 4.78 is 6.53. The molecule has 0 amide bonds. The average Bonchev–Trinajstić information content (AvgIpc) is 2.72. The molecule has 5 nitrogen and oxygen atoms in total. The first-order valence-electron chi connectivity index (χ1n) is 4.99. The zero-order chi connectivity index (χ0) is 11.8. The monoisotopic (exact) mass is 219 g/mol. The number of aryl methyl sites for hydroxylation is 1. The number of aromatic nitrogens is 2. The van der Waals surface area contributed by atoms with E-state index in [0.717, 1.165) is 0 Å². The molecule has 1 aromatic heterocycles. The SMILES string of the molecule is CCOC(=O)C=Cc1cn(CCC#N)cn1. The fraction of sp³-hybridized carbons (Fsp3) is 0.364. The minimum absolute atomic E-state index is 0.361. The lowest BCUT2D eigenvalue weighted by atomic mass is 10.4. The van der Waals surface area contributed by atoms with Gasteiger partial charge in [0.1, 0.15) is 0 Å². The molecule has 0 fully saturated rings. The zero-order valence-corrected chi connectivity index (χ0v) is 9.09. The lowest BCUT2D eigenvalue weighted by Gasteiger charge is -1.94. The number of imidazole rings is 1. The van der Waals surface area contributed by atoms with Gasteiger partial charge in [0.15, 0.2) is 0 Å². The summed E-state index contributed by atoms with van der Waals surface area (Å²) >= 11 is 0. The Balaban J connectivity index is 2.52. The van der Waals surface area contributed by atoms with E-state index in [1.165, 1.54) is 6.08 Å². The quantitative estimate of drug-likeness (QED) is 0.554. The zero-order valence-electron chi connectivity index (χ0n) is 9.09. The van der Waals surface area contributed by atoms with Crippen molar-refractivity contribution in [3.8, 4) is 6.07 Å². The number of carbonyl (C=O) groups is 1. The largest absolute Gasteiger partial charge is 0.463 e. The van der Waals surface area contributed by atoms with E-state index >= 15 is 0 Å². The van der Waals surface area contributed by atoms with Crippen molar-refractivity contribution < 1.29 is 9.53 Å². The molecule has 1 rings (SSSR count). The van der Waals surface area contributed by atoms with Crippen LogP contribution < -0.4 is 0 Å². The summed E-state index contributed by atoms with van der Waals surface area (Å²) in [6.07, 6.45) is 6.76. The summed E-state index contributed by atoms with van der Waals surface area (Å²) in [4.78, 5) is 15.1. The van der Waals surface area contributed by atoms with Gasteiger partial charge in [0.05, 0.1) is 31.1 Å². The third-order valence-electron chi connectivity index (χ3n) is 1.81. The standard InChI is InChI=1S/C11H13N3O2/c1-2-16-11(15)5-4-10-8-14(9-13-10)7-3-6-12/h4-5,8-9H,2-3,7H2,1H3. The summed E-state index contributed by atoms with van der Waals surface area (Å²) in [5, 5.41) is 8.41. The fourth-order valence-electron chi connectivity index (χ4n) is 1.11. The van der Waals surface area contributed by atoms with Gasteiger partial charge < -0.3 is 9.30 Å². The number of hydrogen-bond acceptors (Lipinski definition) is 4. The minimum Gasteiger partial charge on any atom is -0.463 e. The van der Waals surface area contributed by atoms with Crippen molar-refractivity contribution in [1.29, 1.82) is 5.26 Å². The molecule has 0 radical (unpaired) electrons. The summed E-state index contributed by atoms with van der Waals surface area (Å²) in [6.45, 7) is 2.72. The molecule has 0 unspecified atom stereocenters.